The fourth-order valence-electron chi connectivity index (χ4n) is 2.31. The van der Waals surface area contributed by atoms with Gasteiger partial charge in [-0.3, -0.25) is 4.79 Å². The average Bonchev–Trinajstić information content (AvgIpc) is 2.78. The zero-order valence-electron chi connectivity index (χ0n) is 12.2. The van der Waals surface area contributed by atoms with Crippen LogP contribution in [0.4, 0.5) is 16.2 Å². The van der Waals surface area contributed by atoms with Crippen LogP contribution in [-0.2, 0) is 4.79 Å². The highest BCUT2D eigenvalue weighted by molar-refractivity contribution is 5.95. The van der Waals surface area contributed by atoms with Crippen LogP contribution in [0.5, 0.6) is 0 Å². The molecule has 1 aliphatic heterocycles. The van der Waals surface area contributed by atoms with Gasteiger partial charge in [0, 0.05) is 18.4 Å². The number of carbonyl (C=O) groups is 2. The number of nitrogens with one attached hydrogen (secondary N) is 4. The van der Waals surface area contributed by atoms with Crippen molar-refractivity contribution in [1.82, 2.24) is 10.6 Å². The van der Waals surface area contributed by atoms with E-state index in [0.29, 0.717) is 5.69 Å². The number of carbonyl (C=O) groups excluding carboxylic acids is 2. The number of amides is 3. The Labute approximate surface area is 124 Å². The van der Waals surface area contributed by atoms with Crippen LogP contribution in [0.1, 0.15) is 25.7 Å². The molecule has 1 atom stereocenters. The van der Waals surface area contributed by atoms with Crippen molar-refractivity contribution >= 4 is 23.3 Å². The SMILES string of the molecule is CNC(=O)Nc1ccc(NC(=O)C2CCCCCN2)cc1. The van der Waals surface area contributed by atoms with E-state index in [9.17, 15) is 9.59 Å². The van der Waals surface area contributed by atoms with Gasteiger partial charge in [-0.05, 0) is 43.7 Å². The van der Waals surface area contributed by atoms with Gasteiger partial charge in [0.1, 0.15) is 0 Å². The predicted molar refractivity (Wildman–Crippen MR) is 83.4 cm³/mol. The molecule has 6 heteroatoms. The van der Waals surface area contributed by atoms with Crippen LogP contribution < -0.4 is 21.3 Å². The van der Waals surface area contributed by atoms with E-state index in [1.54, 1.807) is 31.3 Å². The quantitative estimate of drug-likeness (QED) is 0.686. The Morgan fingerprint density at radius 1 is 1.05 bits per heavy atom. The van der Waals surface area contributed by atoms with E-state index in [1.807, 2.05) is 0 Å². The molecule has 6 nitrogen and oxygen atoms in total. The molecule has 1 aromatic rings. The molecule has 3 amide bonds. The Kier molecular flexibility index (Phi) is 5.57. The number of hydrogen-bond acceptors (Lipinski definition) is 3. The van der Waals surface area contributed by atoms with Gasteiger partial charge < -0.3 is 21.3 Å². The normalized spacial score (nSPS) is 18.4. The molecule has 0 bridgehead atoms. The summed E-state index contributed by atoms with van der Waals surface area (Å²) in [7, 11) is 1.56. The second-order valence-corrected chi connectivity index (χ2v) is 5.13. The van der Waals surface area contributed by atoms with Crippen molar-refractivity contribution in [2.24, 2.45) is 0 Å². The van der Waals surface area contributed by atoms with Crippen molar-refractivity contribution in [2.45, 2.75) is 31.7 Å². The molecule has 1 fully saturated rings. The largest absolute Gasteiger partial charge is 0.341 e. The van der Waals surface area contributed by atoms with Crippen LogP contribution in [0.25, 0.3) is 0 Å². The second kappa shape index (κ2) is 7.64. The third-order valence-corrected chi connectivity index (χ3v) is 3.51. The van der Waals surface area contributed by atoms with E-state index in [-0.39, 0.29) is 18.0 Å². The van der Waals surface area contributed by atoms with Crippen molar-refractivity contribution < 1.29 is 9.59 Å². The lowest BCUT2D eigenvalue weighted by molar-refractivity contribution is -0.118. The fraction of sp³-hybridized carbons (Fsp3) is 0.467. The second-order valence-electron chi connectivity index (χ2n) is 5.13. The van der Waals surface area contributed by atoms with Crippen LogP contribution in [0.3, 0.4) is 0 Å². The molecule has 1 aromatic carbocycles. The first-order chi connectivity index (χ1) is 10.2. The molecule has 1 saturated heterocycles. The minimum Gasteiger partial charge on any atom is -0.341 e. The summed E-state index contributed by atoms with van der Waals surface area (Å²) < 4.78 is 0. The van der Waals surface area contributed by atoms with Crippen LogP contribution in [0, 0.1) is 0 Å². The van der Waals surface area contributed by atoms with Gasteiger partial charge in [0.25, 0.3) is 0 Å². The first kappa shape index (κ1) is 15.3. The minimum atomic E-state index is -0.269. The van der Waals surface area contributed by atoms with E-state index in [4.69, 9.17) is 0 Å². The summed E-state index contributed by atoms with van der Waals surface area (Å²) in [4.78, 5) is 23.4. The number of rotatable bonds is 3. The van der Waals surface area contributed by atoms with Crippen LogP contribution >= 0.6 is 0 Å². The zero-order valence-corrected chi connectivity index (χ0v) is 12.2. The van der Waals surface area contributed by atoms with Gasteiger partial charge in [-0.15, -0.1) is 0 Å². The molecule has 0 aromatic heterocycles. The number of hydrogen-bond donors (Lipinski definition) is 4. The summed E-state index contributed by atoms with van der Waals surface area (Å²) in [5.41, 5.74) is 1.41. The Morgan fingerprint density at radius 2 is 1.71 bits per heavy atom. The lowest BCUT2D eigenvalue weighted by Crippen LogP contribution is -2.39. The molecule has 21 heavy (non-hydrogen) atoms. The number of urea groups is 1. The Balaban J connectivity index is 1.90. The zero-order chi connectivity index (χ0) is 15.1. The van der Waals surface area contributed by atoms with Gasteiger partial charge in [0.05, 0.1) is 6.04 Å². The molecule has 4 N–H and O–H groups in total. The van der Waals surface area contributed by atoms with Gasteiger partial charge in [-0.2, -0.15) is 0 Å². The topological polar surface area (TPSA) is 82.3 Å². The molecule has 1 aliphatic rings. The number of benzene rings is 1. The summed E-state index contributed by atoms with van der Waals surface area (Å²) in [6.07, 6.45) is 4.27. The lowest BCUT2D eigenvalue weighted by Gasteiger charge is -2.15. The smallest absolute Gasteiger partial charge is 0.318 e. The molecule has 1 heterocycles. The van der Waals surface area contributed by atoms with Crippen molar-refractivity contribution in [3.63, 3.8) is 0 Å². The molecule has 0 aliphatic carbocycles. The maximum atomic E-state index is 12.2. The molecular formula is C15H22N4O2. The molecule has 0 spiro atoms. The Hall–Kier alpha value is -2.08. The molecule has 0 radical (unpaired) electrons. The number of anilines is 2. The summed E-state index contributed by atoms with van der Waals surface area (Å²) in [6, 6.07) is 6.68. The fourth-order valence-corrected chi connectivity index (χ4v) is 2.31. The van der Waals surface area contributed by atoms with E-state index < -0.39 is 0 Å². The third kappa shape index (κ3) is 4.75. The monoisotopic (exact) mass is 290 g/mol. The Bertz CT molecular complexity index is 479. The summed E-state index contributed by atoms with van der Waals surface area (Å²) >= 11 is 0. The minimum absolute atomic E-state index is 0.00362. The maximum Gasteiger partial charge on any atom is 0.318 e. The highest BCUT2D eigenvalue weighted by Crippen LogP contribution is 2.15. The van der Waals surface area contributed by atoms with Crippen molar-refractivity contribution in [3.05, 3.63) is 24.3 Å². The molecule has 1 unspecified atom stereocenters. The molecular weight excluding hydrogens is 268 g/mol. The lowest BCUT2D eigenvalue weighted by atomic mass is 10.1. The third-order valence-electron chi connectivity index (χ3n) is 3.51. The van der Waals surface area contributed by atoms with Crippen LogP contribution in [-0.4, -0.2) is 31.6 Å². The van der Waals surface area contributed by atoms with Crippen molar-refractivity contribution in [3.8, 4) is 0 Å². The van der Waals surface area contributed by atoms with E-state index in [0.717, 1.165) is 31.5 Å². The van der Waals surface area contributed by atoms with Crippen LogP contribution in [0.15, 0.2) is 24.3 Å². The van der Waals surface area contributed by atoms with Gasteiger partial charge in [-0.25, -0.2) is 4.79 Å². The van der Waals surface area contributed by atoms with Crippen LogP contribution in [0.2, 0.25) is 0 Å². The van der Waals surface area contributed by atoms with E-state index in [1.165, 1.54) is 6.42 Å². The first-order valence-corrected chi connectivity index (χ1v) is 7.32. The average molecular weight is 290 g/mol. The summed E-state index contributed by atoms with van der Waals surface area (Å²) in [5, 5.41) is 11.3. The van der Waals surface area contributed by atoms with Gasteiger partial charge in [0.2, 0.25) is 5.91 Å². The first-order valence-electron chi connectivity index (χ1n) is 7.32. The molecule has 2 rings (SSSR count). The summed E-state index contributed by atoms with van der Waals surface area (Å²) in [6.45, 7) is 0.896. The maximum absolute atomic E-state index is 12.2. The molecule has 0 saturated carbocycles. The van der Waals surface area contributed by atoms with Gasteiger partial charge in [-0.1, -0.05) is 12.8 Å². The van der Waals surface area contributed by atoms with Crippen molar-refractivity contribution in [2.75, 3.05) is 24.2 Å². The predicted octanol–water partition coefficient (Wildman–Crippen LogP) is 1.91. The standard InChI is InChI=1S/C15H22N4O2/c1-16-15(21)19-12-8-6-11(7-9-12)18-14(20)13-5-3-2-4-10-17-13/h6-9,13,17H,2-5,10H2,1H3,(H,18,20)(H2,16,19,21). The highest BCUT2D eigenvalue weighted by atomic mass is 16.2. The van der Waals surface area contributed by atoms with Gasteiger partial charge in [0.15, 0.2) is 0 Å². The highest BCUT2D eigenvalue weighted by Gasteiger charge is 2.19. The van der Waals surface area contributed by atoms with Gasteiger partial charge >= 0.3 is 6.03 Å². The van der Waals surface area contributed by atoms with E-state index >= 15 is 0 Å². The Morgan fingerprint density at radius 3 is 2.38 bits per heavy atom. The summed E-state index contributed by atoms with van der Waals surface area (Å²) in [5.74, 6) is 0.00362. The molecule has 114 valence electrons. The van der Waals surface area contributed by atoms with E-state index in [2.05, 4.69) is 21.3 Å². The van der Waals surface area contributed by atoms with Crippen molar-refractivity contribution in [1.29, 1.82) is 0 Å².